The van der Waals surface area contributed by atoms with E-state index in [4.69, 9.17) is 16.3 Å². The molecule has 0 aromatic carbocycles. The van der Waals surface area contributed by atoms with Gasteiger partial charge < -0.3 is 9.64 Å². The molecule has 0 N–H and O–H groups in total. The third kappa shape index (κ3) is 3.01. The van der Waals surface area contributed by atoms with Crippen molar-refractivity contribution >= 4 is 17.4 Å². The first-order valence-corrected chi connectivity index (χ1v) is 5.42. The minimum Gasteiger partial charge on any atom is -0.378 e. The standard InChI is InChI=1S/C10H10ClF3N2O/c11-8-5-7(10(12,13)14)6-9(15-8)16-1-3-17-4-2-16/h5-6H,1-4H2. The lowest BCUT2D eigenvalue weighted by Crippen LogP contribution is -2.36. The van der Waals surface area contributed by atoms with Crippen LogP contribution in [0, 0.1) is 0 Å². The zero-order chi connectivity index (χ0) is 12.5. The molecule has 0 saturated carbocycles. The van der Waals surface area contributed by atoms with Gasteiger partial charge in [-0.3, -0.25) is 0 Å². The van der Waals surface area contributed by atoms with E-state index in [0.717, 1.165) is 12.1 Å². The molecule has 1 aromatic rings. The maximum absolute atomic E-state index is 12.6. The van der Waals surface area contributed by atoms with Crippen LogP contribution in [0.5, 0.6) is 0 Å². The monoisotopic (exact) mass is 266 g/mol. The van der Waals surface area contributed by atoms with E-state index in [1.165, 1.54) is 0 Å². The number of nitrogens with zero attached hydrogens (tertiary/aromatic N) is 2. The van der Waals surface area contributed by atoms with Crippen molar-refractivity contribution in [1.82, 2.24) is 4.98 Å². The number of pyridine rings is 1. The third-order valence-corrected chi connectivity index (χ3v) is 2.64. The maximum atomic E-state index is 12.6. The SMILES string of the molecule is FC(F)(F)c1cc(Cl)nc(N2CCOCC2)c1. The number of hydrogen-bond donors (Lipinski definition) is 0. The molecular weight excluding hydrogens is 257 g/mol. The molecule has 0 bridgehead atoms. The van der Waals surface area contributed by atoms with Gasteiger partial charge in [-0.25, -0.2) is 4.98 Å². The highest BCUT2D eigenvalue weighted by molar-refractivity contribution is 6.29. The van der Waals surface area contributed by atoms with E-state index in [0.29, 0.717) is 26.3 Å². The second kappa shape index (κ2) is 4.70. The summed E-state index contributed by atoms with van der Waals surface area (Å²) in [6, 6.07) is 1.84. The molecule has 0 amide bonds. The molecule has 3 nitrogen and oxygen atoms in total. The Labute approximate surface area is 101 Å². The van der Waals surface area contributed by atoms with Gasteiger partial charge in [0.1, 0.15) is 11.0 Å². The fourth-order valence-electron chi connectivity index (χ4n) is 1.60. The van der Waals surface area contributed by atoms with Crippen molar-refractivity contribution in [1.29, 1.82) is 0 Å². The van der Waals surface area contributed by atoms with E-state index in [9.17, 15) is 13.2 Å². The number of halogens is 4. The third-order valence-electron chi connectivity index (χ3n) is 2.44. The van der Waals surface area contributed by atoms with Crippen LogP contribution in [0.3, 0.4) is 0 Å². The lowest BCUT2D eigenvalue weighted by molar-refractivity contribution is -0.137. The van der Waals surface area contributed by atoms with Crippen molar-refractivity contribution in [2.75, 3.05) is 31.2 Å². The Hall–Kier alpha value is -1.01. The van der Waals surface area contributed by atoms with Crippen LogP contribution in [0.1, 0.15) is 5.56 Å². The molecule has 2 rings (SSSR count). The number of alkyl halides is 3. The summed E-state index contributed by atoms with van der Waals surface area (Å²) in [7, 11) is 0. The van der Waals surface area contributed by atoms with Gasteiger partial charge in [0.05, 0.1) is 18.8 Å². The predicted octanol–water partition coefficient (Wildman–Crippen LogP) is 2.59. The first-order chi connectivity index (χ1) is 7.97. The molecule has 0 aliphatic carbocycles. The van der Waals surface area contributed by atoms with Crippen LogP contribution in [0.2, 0.25) is 5.15 Å². The minimum absolute atomic E-state index is 0.152. The zero-order valence-corrected chi connectivity index (χ0v) is 9.55. The van der Waals surface area contributed by atoms with E-state index >= 15 is 0 Å². The van der Waals surface area contributed by atoms with Gasteiger partial charge in [-0.1, -0.05) is 11.6 Å². The highest BCUT2D eigenvalue weighted by atomic mass is 35.5. The lowest BCUT2D eigenvalue weighted by Gasteiger charge is -2.28. The van der Waals surface area contributed by atoms with Gasteiger partial charge in [-0.05, 0) is 12.1 Å². The molecule has 0 unspecified atom stereocenters. The molecule has 1 aliphatic heterocycles. The second-order valence-corrected chi connectivity index (χ2v) is 4.02. The quantitative estimate of drug-likeness (QED) is 0.731. The van der Waals surface area contributed by atoms with Crippen LogP contribution in [0.25, 0.3) is 0 Å². The van der Waals surface area contributed by atoms with Gasteiger partial charge in [0.25, 0.3) is 0 Å². The molecular formula is C10H10ClF3N2O. The fourth-order valence-corrected chi connectivity index (χ4v) is 1.81. The van der Waals surface area contributed by atoms with E-state index in [1.54, 1.807) is 4.90 Å². The van der Waals surface area contributed by atoms with Gasteiger partial charge in [-0.2, -0.15) is 13.2 Å². The zero-order valence-electron chi connectivity index (χ0n) is 8.80. The Bertz CT molecular complexity index is 405. The maximum Gasteiger partial charge on any atom is 0.416 e. The molecule has 94 valence electrons. The molecule has 2 heterocycles. The van der Waals surface area contributed by atoms with Crippen LogP contribution in [-0.4, -0.2) is 31.3 Å². The van der Waals surface area contributed by atoms with Gasteiger partial charge in [0.2, 0.25) is 0 Å². The number of rotatable bonds is 1. The van der Waals surface area contributed by atoms with Crippen molar-refractivity contribution in [2.45, 2.75) is 6.18 Å². The minimum atomic E-state index is -4.41. The summed E-state index contributed by atoms with van der Waals surface area (Å²) < 4.78 is 42.9. The van der Waals surface area contributed by atoms with Crippen molar-refractivity contribution in [3.05, 3.63) is 22.8 Å². The molecule has 7 heteroatoms. The second-order valence-electron chi connectivity index (χ2n) is 3.63. The van der Waals surface area contributed by atoms with Crippen molar-refractivity contribution in [3.8, 4) is 0 Å². The van der Waals surface area contributed by atoms with Crippen molar-refractivity contribution < 1.29 is 17.9 Å². The largest absolute Gasteiger partial charge is 0.416 e. The van der Waals surface area contributed by atoms with E-state index in [1.807, 2.05) is 0 Å². The summed E-state index contributed by atoms with van der Waals surface area (Å²) in [5.74, 6) is 0.244. The summed E-state index contributed by atoms with van der Waals surface area (Å²) in [6.45, 7) is 2.00. The van der Waals surface area contributed by atoms with Gasteiger partial charge in [-0.15, -0.1) is 0 Å². The average Bonchev–Trinajstić information content (AvgIpc) is 2.28. The van der Waals surface area contributed by atoms with E-state index in [2.05, 4.69) is 4.98 Å². The summed E-state index contributed by atoms with van der Waals surface area (Å²) in [4.78, 5) is 5.63. The number of aromatic nitrogens is 1. The normalized spacial score (nSPS) is 17.3. The van der Waals surface area contributed by atoms with Gasteiger partial charge in [0.15, 0.2) is 0 Å². The molecule has 0 spiro atoms. The molecule has 1 aromatic heterocycles. The van der Waals surface area contributed by atoms with Crippen molar-refractivity contribution in [3.63, 3.8) is 0 Å². The Morgan fingerprint density at radius 2 is 1.88 bits per heavy atom. The predicted molar refractivity (Wildman–Crippen MR) is 57.3 cm³/mol. The lowest BCUT2D eigenvalue weighted by atomic mass is 10.2. The molecule has 1 saturated heterocycles. The molecule has 1 aliphatic rings. The van der Waals surface area contributed by atoms with E-state index < -0.39 is 11.7 Å². The van der Waals surface area contributed by atoms with Crippen LogP contribution in [0.15, 0.2) is 12.1 Å². The van der Waals surface area contributed by atoms with Crippen LogP contribution >= 0.6 is 11.6 Å². The number of anilines is 1. The Morgan fingerprint density at radius 1 is 1.24 bits per heavy atom. The van der Waals surface area contributed by atoms with Gasteiger partial charge >= 0.3 is 6.18 Å². The fraction of sp³-hybridized carbons (Fsp3) is 0.500. The highest BCUT2D eigenvalue weighted by Gasteiger charge is 2.32. The first-order valence-electron chi connectivity index (χ1n) is 5.04. The molecule has 17 heavy (non-hydrogen) atoms. The van der Waals surface area contributed by atoms with E-state index in [-0.39, 0.29) is 11.0 Å². The smallest absolute Gasteiger partial charge is 0.378 e. The molecule has 1 fully saturated rings. The molecule has 0 radical (unpaired) electrons. The van der Waals surface area contributed by atoms with Crippen molar-refractivity contribution in [2.24, 2.45) is 0 Å². The Morgan fingerprint density at radius 3 is 2.47 bits per heavy atom. The van der Waals surface area contributed by atoms with Crippen LogP contribution < -0.4 is 4.90 Å². The van der Waals surface area contributed by atoms with Crippen LogP contribution in [-0.2, 0) is 10.9 Å². The summed E-state index contributed by atoms with van der Waals surface area (Å²) >= 11 is 5.61. The number of ether oxygens (including phenoxy) is 1. The number of hydrogen-bond acceptors (Lipinski definition) is 3. The molecule has 0 atom stereocenters. The Kier molecular flexibility index (Phi) is 3.44. The summed E-state index contributed by atoms with van der Waals surface area (Å²) in [5.41, 5.74) is -0.779. The van der Waals surface area contributed by atoms with Gasteiger partial charge in [0, 0.05) is 13.1 Å². The highest BCUT2D eigenvalue weighted by Crippen LogP contribution is 2.32. The topological polar surface area (TPSA) is 25.4 Å². The first kappa shape index (κ1) is 12.4. The Balaban J connectivity index is 2.31. The summed E-state index contributed by atoms with van der Waals surface area (Å²) in [6.07, 6.45) is -4.41. The van der Waals surface area contributed by atoms with Crippen LogP contribution in [0.4, 0.5) is 19.0 Å². The number of morpholine rings is 1. The average molecular weight is 267 g/mol. The summed E-state index contributed by atoms with van der Waals surface area (Å²) in [5, 5.41) is -0.152.